The first kappa shape index (κ1) is 24.9. The Morgan fingerprint density at radius 3 is 2.03 bits per heavy atom. The van der Waals surface area contributed by atoms with Crippen LogP contribution in [0.3, 0.4) is 0 Å². The molecule has 2 aromatic rings. The zero-order chi connectivity index (χ0) is 19.8. The van der Waals surface area contributed by atoms with Gasteiger partial charge < -0.3 is 15.8 Å². The van der Waals surface area contributed by atoms with Crippen LogP contribution in [0, 0.1) is 11.6 Å². The van der Waals surface area contributed by atoms with Crippen LogP contribution in [0.4, 0.5) is 13.6 Å². The summed E-state index contributed by atoms with van der Waals surface area (Å²) in [6, 6.07) is 9.38. The van der Waals surface area contributed by atoms with Crippen molar-refractivity contribution in [1.29, 1.82) is 0 Å². The Hall–Kier alpha value is -2.18. The van der Waals surface area contributed by atoms with Crippen molar-refractivity contribution >= 4 is 18.5 Å². The molecule has 0 heterocycles. The molecular weight excluding hydrogens is 398 g/mol. The van der Waals surface area contributed by atoms with E-state index in [0.717, 1.165) is 29.5 Å². The summed E-state index contributed by atoms with van der Waals surface area (Å²) in [4.78, 5) is 11.5. The summed E-state index contributed by atoms with van der Waals surface area (Å²) >= 11 is 0. The van der Waals surface area contributed by atoms with Gasteiger partial charge in [0.25, 0.3) is 0 Å². The van der Waals surface area contributed by atoms with E-state index in [9.17, 15) is 13.6 Å². The topological polar surface area (TPSA) is 64.3 Å². The predicted molar refractivity (Wildman–Crippen MR) is 113 cm³/mol. The summed E-state index contributed by atoms with van der Waals surface area (Å²) in [7, 11) is 0. The lowest BCUT2D eigenvalue weighted by Gasteiger charge is -2.31. The van der Waals surface area contributed by atoms with E-state index in [1.165, 1.54) is 29.8 Å². The van der Waals surface area contributed by atoms with Gasteiger partial charge in [0.1, 0.15) is 17.2 Å². The van der Waals surface area contributed by atoms with Crippen molar-refractivity contribution in [3.63, 3.8) is 0 Å². The van der Waals surface area contributed by atoms with Gasteiger partial charge in [-0.3, -0.25) is 0 Å². The highest BCUT2D eigenvalue weighted by Crippen LogP contribution is 2.33. The summed E-state index contributed by atoms with van der Waals surface area (Å²) < 4.78 is 30.7. The number of benzene rings is 2. The first-order valence-electron chi connectivity index (χ1n) is 8.94. The van der Waals surface area contributed by atoms with Crippen LogP contribution >= 0.6 is 12.4 Å². The Morgan fingerprint density at radius 1 is 1.03 bits per heavy atom. The molecule has 2 unspecified atom stereocenters. The fraction of sp³-hybridized carbons (Fsp3) is 0.409. The Bertz CT molecular complexity index is 868. The Labute approximate surface area is 177 Å². The molecule has 160 valence electrons. The minimum atomic E-state index is -0.515. The van der Waals surface area contributed by atoms with E-state index in [2.05, 4.69) is 5.32 Å². The molecule has 2 aromatic carbocycles. The van der Waals surface area contributed by atoms with Crippen LogP contribution in [0.15, 0.2) is 36.4 Å². The zero-order valence-electron chi connectivity index (χ0n) is 16.1. The first-order chi connectivity index (χ1) is 12.6. The molecule has 29 heavy (non-hydrogen) atoms. The van der Waals surface area contributed by atoms with Gasteiger partial charge in [0.2, 0.25) is 0 Å². The fourth-order valence-corrected chi connectivity index (χ4v) is 3.17. The second kappa shape index (κ2) is 9.55. The van der Waals surface area contributed by atoms with Crippen LogP contribution in [0.5, 0.6) is 0 Å². The third kappa shape index (κ3) is 6.15. The molecule has 0 aromatic heterocycles. The van der Waals surface area contributed by atoms with Gasteiger partial charge in [-0.15, -0.1) is 12.4 Å². The van der Waals surface area contributed by atoms with Crippen LogP contribution < -0.4 is 11.1 Å². The summed E-state index contributed by atoms with van der Waals surface area (Å²) in [6.45, 7) is 5.42. The number of carbonyl (C=O) groups excluding carboxylic acids is 1. The summed E-state index contributed by atoms with van der Waals surface area (Å²) in [5.74, 6) is -0.465. The lowest BCUT2D eigenvalue weighted by Crippen LogP contribution is -2.39. The van der Waals surface area contributed by atoms with E-state index in [1.54, 1.807) is 32.9 Å². The van der Waals surface area contributed by atoms with Gasteiger partial charge in [-0.2, -0.15) is 0 Å². The first-order valence-corrected chi connectivity index (χ1v) is 8.94. The van der Waals surface area contributed by atoms with Crippen molar-refractivity contribution in [2.24, 2.45) is 5.73 Å². The predicted octanol–water partition coefficient (Wildman–Crippen LogP) is 5.39. The molecule has 1 amide bonds. The number of fused-ring (bicyclic) bond motifs is 2. The van der Waals surface area contributed by atoms with Gasteiger partial charge in [0, 0.05) is 6.04 Å². The van der Waals surface area contributed by atoms with E-state index in [1.807, 2.05) is 0 Å². The van der Waals surface area contributed by atoms with Crippen LogP contribution in [0.2, 0.25) is 0 Å². The molecule has 0 saturated heterocycles. The summed E-state index contributed by atoms with van der Waals surface area (Å²) in [6.07, 6.45) is 1.17. The van der Waals surface area contributed by atoms with E-state index >= 15 is 0 Å². The van der Waals surface area contributed by atoms with Gasteiger partial charge >= 0.3 is 6.09 Å². The number of nitrogens with two attached hydrogens (primary N) is 1. The molecule has 0 spiro atoms. The number of rotatable bonds is 1. The lowest BCUT2D eigenvalue weighted by molar-refractivity contribution is 0.0497. The largest absolute Gasteiger partial charge is 0.444 e. The molecule has 0 aliphatic heterocycles. The average molecular weight is 427 g/mol. The monoisotopic (exact) mass is 426 g/mol. The normalized spacial score (nSPS) is 18.0. The summed E-state index contributed by atoms with van der Waals surface area (Å²) in [5.41, 5.74) is 9.16. The highest BCUT2D eigenvalue weighted by molar-refractivity contribution is 5.85. The lowest BCUT2D eigenvalue weighted by atomic mass is 9.83. The van der Waals surface area contributed by atoms with Crippen molar-refractivity contribution in [1.82, 2.24) is 5.32 Å². The maximum Gasteiger partial charge on any atom is 0.408 e. The smallest absolute Gasteiger partial charge is 0.408 e. The third-order valence-electron chi connectivity index (χ3n) is 4.55. The maximum absolute atomic E-state index is 13.0. The van der Waals surface area contributed by atoms with Crippen molar-refractivity contribution < 1.29 is 18.3 Å². The molecule has 0 bridgehead atoms. The SMILES string of the molecule is C.CC(C)(C)OC(=O)NC1Cc2ccc(F)cc21.Cl.NC1Cc2ccc(F)cc21. The second-order valence-corrected chi connectivity index (χ2v) is 7.90. The molecule has 2 aliphatic rings. The molecule has 2 aliphatic carbocycles. The Kier molecular flexibility index (Phi) is 8.18. The number of halogens is 3. The minimum Gasteiger partial charge on any atom is -0.444 e. The second-order valence-electron chi connectivity index (χ2n) is 7.90. The van der Waals surface area contributed by atoms with Gasteiger partial charge in [-0.25, -0.2) is 13.6 Å². The Balaban J connectivity index is 0.000000301. The van der Waals surface area contributed by atoms with Crippen LogP contribution in [-0.2, 0) is 17.6 Å². The number of hydrogen-bond donors (Lipinski definition) is 2. The highest BCUT2D eigenvalue weighted by atomic mass is 35.5. The Morgan fingerprint density at radius 2 is 1.55 bits per heavy atom. The van der Waals surface area contributed by atoms with Gasteiger partial charge in [0.05, 0.1) is 6.04 Å². The minimum absolute atomic E-state index is 0. The molecular formula is C22H29ClF2N2O2. The van der Waals surface area contributed by atoms with Crippen LogP contribution in [0.1, 0.15) is 62.5 Å². The average Bonchev–Trinajstić information content (AvgIpc) is 2.55. The molecule has 0 saturated carbocycles. The van der Waals surface area contributed by atoms with E-state index in [-0.39, 0.29) is 43.6 Å². The van der Waals surface area contributed by atoms with Gasteiger partial charge in [-0.05, 0) is 80.1 Å². The number of nitrogens with one attached hydrogen (secondary N) is 1. The molecule has 0 radical (unpaired) electrons. The quantitative estimate of drug-likeness (QED) is 0.642. The summed E-state index contributed by atoms with van der Waals surface area (Å²) in [5, 5.41) is 2.73. The van der Waals surface area contributed by atoms with Crippen LogP contribution in [-0.4, -0.2) is 11.7 Å². The fourth-order valence-electron chi connectivity index (χ4n) is 3.17. The molecule has 7 heteroatoms. The standard InChI is InChI=1S/C13H16FNO2.C8H8FN.CH4.ClH/c1-13(2,3)17-12(16)15-11-6-8-4-5-9(14)7-10(8)11;9-6-2-1-5-3-8(10)7(5)4-6;;/h4-5,7,11H,6H2,1-3H3,(H,15,16);1-2,4,8H,3,10H2;1H4;1H. The number of carbonyl (C=O) groups is 1. The molecule has 3 N–H and O–H groups in total. The molecule has 4 nitrogen and oxygen atoms in total. The van der Waals surface area contributed by atoms with E-state index in [0.29, 0.717) is 0 Å². The number of ether oxygens (including phenoxy) is 1. The molecule has 4 rings (SSSR count). The van der Waals surface area contributed by atoms with Crippen molar-refractivity contribution in [2.75, 3.05) is 0 Å². The third-order valence-corrected chi connectivity index (χ3v) is 4.55. The van der Waals surface area contributed by atoms with Gasteiger partial charge in [-0.1, -0.05) is 19.6 Å². The van der Waals surface area contributed by atoms with Gasteiger partial charge in [0.15, 0.2) is 0 Å². The van der Waals surface area contributed by atoms with Crippen molar-refractivity contribution in [3.8, 4) is 0 Å². The highest BCUT2D eigenvalue weighted by Gasteiger charge is 2.29. The molecule has 2 atom stereocenters. The maximum atomic E-state index is 13.0. The van der Waals surface area contributed by atoms with E-state index in [4.69, 9.17) is 10.5 Å². The van der Waals surface area contributed by atoms with Crippen molar-refractivity contribution in [2.45, 2.75) is 58.7 Å². The van der Waals surface area contributed by atoms with Crippen molar-refractivity contribution in [3.05, 3.63) is 70.3 Å². The van der Waals surface area contributed by atoms with E-state index < -0.39 is 11.7 Å². The number of hydrogen-bond acceptors (Lipinski definition) is 3. The number of alkyl carbamates (subject to hydrolysis) is 1. The zero-order valence-corrected chi connectivity index (χ0v) is 16.9. The van der Waals surface area contributed by atoms with Crippen LogP contribution in [0.25, 0.3) is 0 Å². The number of amides is 1. The molecule has 0 fully saturated rings.